The van der Waals surface area contributed by atoms with Gasteiger partial charge in [-0.25, -0.2) is 17.9 Å². The fourth-order valence-corrected chi connectivity index (χ4v) is 3.59. The van der Waals surface area contributed by atoms with E-state index < -0.39 is 27.4 Å². The molecule has 0 bridgehead atoms. The molecule has 1 heterocycles. The van der Waals surface area contributed by atoms with E-state index in [2.05, 4.69) is 10.0 Å². The number of carbonyl (C=O) groups excluding carboxylic acids is 1. The number of nitrogens with one attached hydrogen (secondary N) is 2. The molecule has 1 saturated heterocycles. The standard InChI is InChI=1S/C15H20N2O6S/c1-10(2)17-24(21,22)12-5-3-11(4-6-12)13(18)16-15(14(19)20)7-8-23-9-15/h3-6,10,17H,7-9H2,1-2H3,(H,16,18)(H,19,20). The van der Waals surface area contributed by atoms with E-state index in [9.17, 15) is 23.1 Å². The van der Waals surface area contributed by atoms with Gasteiger partial charge in [-0.3, -0.25) is 4.79 Å². The SMILES string of the molecule is CC(C)NS(=O)(=O)c1ccc(C(=O)NC2(C(=O)O)CCOC2)cc1. The topological polar surface area (TPSA) is 122 Å². The van der Waals surface area contributed by atoms with Gasteiger partial charge in [0.1, 0.15) is 0 Å². The zero-order chi connectivity index (χ0) is 18.0. The van der Waals surface area contributed by atoms with Crippen molar-refractivity contribution in [1.82, 2.24) is 10.0 Å². The van der Waals surface area contributed by atoms with Gasteiger partial charge in [-0.1, -0.05) is 0 Å². The highest BCUT2D eigenvalue weighted by molar-refractivity contribution is 7.89. The summed E-state index contributed by atoms with van der Waals surface area (Å²) in [4.78, 5) is 23.7. The smallest absolute Gasteiger partial charge is 0.331 e. The highest BCUT2D eigenvalue weighted by Gasteiger charge is 2.44. The fraction of sp³-hybridized carbons (Fsp3) is 0.467. The molecule has 0 aromatic heterocycles. The lowest BCUT2D eigenvalue weighted by Gasteiger charge is -2.23. The summed E-state index contributed by atoms with van der Waals surface area (Å²) < 4.78 is 31.6. The van der Waals surface area contributed by atoms with Crippen molar-refractivity contribution >= 4 is 21.9 Å². The first-order valence-corrected chi connectivity index (χ1v) is 8.91. The number of ether oxygens (including phenoxy) is 1. The lowest BCUT2D eigenvalue weighted by Crippen LogP contribution is -2.55. The lowest BCUT2D eigenvalue weighted by atomic mass is 9.98. The fourth-order valence-electron chi connectivity index (χ4n) is 2.34. The van der Waals surface area contributed by atoms with Crippen LogP contribution in [0.15, 0.2) is 29.2 Å². The quantitative estimate of drug-likeness (QED) is 0.676. The summed E-state index contributed by atoms with van der Waals surface area (Å²) in [6.07, 6.45) is 0.179. The van der Waals surface area contributed by atoms with E-state index >= 15 is 0 Å². The van der Waals surface area contributed by atoms with Gasteiger partial charge in [-0.2, -0.15) is 0 Å². The molecule has 0 radical (unpaired) electrons. The van der Waals surface area contributed by atoms with Gasteiger partial charge in [0.15, 0.2) is 5.54 Å². The summed E-state index contributed by atoms with van der Waals surface area (Å²) in [7, 11) is -3.65. The molecule has 8 nitrogen and oxygen atoms in total. The molecule has 1 unspecified atom stereocenters. The van der Waals surface area contributed by atoms with Crippen molar-refractivity contribution in [1.29, 1.82) is 0 Å². The Bertz CT molecular complexity index is 721. The van der Waals surface area contributed by atoms with E-state index in [4.69, 9.17) is 4.74 Å². The van der Waals surface area contributed by atoms with Crippen LogP contribution in [0.4, 0.5) is 0 Å². The number of amides is 1. The Kier molecular flexibility index (Phi) is 5.26. The molecule has 1 aliphatic rings. The zero-order valence-corrected chi connectivity index (χ0v) is 14.2. The molecular formula is C15H20N2O6S. The van der Waals surface area contributed by atoms with Crippen LogP contribution < -0.4 is 10.0 Å². The van der Waals surface area contributed by atoms with Crippen LogP contribution in [0.3, 0.4) is 0 Å². The average Bonchev–Trinajstić information content (AvgIpc) is 2.96. The number of hydrogen-bond acceptors (Lipinski definition) is 5. The Morgan fingerprint density at radius 3 is 2.33 bits per heavy atom. The van der Waals surface area contributed by atoms with Crippen LogP contribution in [0.5, 0.6) is 0 Å². The number of hydrogen-bond donors (Lipinski definition) is 3. The Morgan fingerprint density at radius 2 is 1.88 bits per heavy atom. The maximum absolute atomic E-state index is 12.3. The lowest BCUT2D eigenvalue weighted by molar-refractivity contribution is -0.144. The number of rotatable bonds is 6. The van der Waals surface area contributed by atoms with Gasteiger partial charge in [0.2, 0.25) is 10.0 Å². The van der Waals surface area contributed by atoms with Gasteiger partial charge in [0.05, 0.1) is 11.5 Å². The molecule has 1 aromatic rings. The molecule has 1 aromatic carbocycles. The van der Waals surface area contributed by atoms with Crippen LogP contribution in [-0.2, 0) is 19.6 Å². The van der Waals surface area contributed by atoms with Gasteiger partial charge in [-0.05, 0) is 38.1 Å². The minimum absolute atomic E-state index is 0.0323. The number of carbonyl (C=O) groups is 2. The van der Waals surface area contributed by atoms with Crippen molar-refractivity contribution in [2.24, 2.45) is 0 Å². The number of benzene rings is 1. The third-order valence-electron chi connectivity index (χ3n) is 3.60. The number of aliphatic carboxylic acids is 1. The van der Waals surface area contributed by atoms with Crippen molar-refractivity contribution < 1.29 is 27.9 Å². The summed E-state index contributed by atoms with van der Waals surface area (Å²) in [6, 6.07) is 5.04. The minimum Gasteiger partial charge on any atom is -0.479 e. The summed E-state index contributed by atoms with van der Waals surface area (Å²) in [5.74, 6) is -1.75. The van der Waals surface area contributed by atoms with E-state index in [-0.39, 0.29) is 36.1 Å². The molecule has 132 valence electrons. The molecule has 0 spiro atoms. The zero-order valence-electron chi connectivity index (χ0n) is 13.4. The van der Waals surface area contributed by atoms with E-state index in [0.717, 1.165) is 0 Å². The van der Waals surface area contributed by atoms with Crippen molar-refractivity contribution in [2.45, 2.75) is 36.7 Å². The van der Waals surface area contributed by atoms with Crippen LogP contribution in [0.25, 0.3) is 0 Å². The van der Waals surface area contributed by atoms with E-state index in [1.165, 1.54) is 24.3 Å². The van der Waals surface area contributed by atoms with Crippen molar-refractivity contribution in [3.63, 3.8) is 0 Å². The first-order valence-electron chi connectivity index (χ1n) is 7.42. The summed E-state index contributed by atoms with van der Waals surface area (Å²) in [6.45, 7) is 3.56. The highest BCUT2D eigenvalue weighted by Crippen LogP contribution is 2.20. The van der Waals surface area contributed by atoms with Crippen LogP contribution in [0.1, 0.15) is 30.6 Å². The molecule has 1 aliphatic heterocycles. The second-order valence-corrected chi connectivity index (χ2v) is 7.66. The monoisotopic (exact) mass is 356 g/mol. The summed E-state index contributed by atoms with van der Waals surface area (Å²) >= 11 is 0. The van der Waals surface area contributed by atoms with Gasteiger partial charge < -0.3 is 15.2 Å². The van der Waals surface area contributed by atoms with Crippen LogP contribution >= 0.6 is 0 Å². The highest BCUT2D eigenvalue weighted by atomic mass is 32.2. The first-order chi connectivity index (χ1) is 11.2. The van der Waals surface area contributed by atoms with Gasteiger partial charge in [0, 0.05) is 24.6 Å². The van der Waals surface area contributed by atoms with Crippen molar-refractivity contribution in [3.8, 4) is 0 Å². The number of sulfonamides is 1. The van der Waals surface area contributed by atoms with Gasteiger partial charge in [0.25, 0.3) is 5.91 Å². The van der Waals surface area contributed by atoms with E-state index in [1.54, 1.807) is 13.8 Å². The second-order valence-electron chi connectivity index (χ2n) is 5.94. The minimum atomic E-state index is -3.65. The third-order valence-corrected chi connectivity index (χ3v) is 5.28. The van der Waals surface area contributed by atoms with Gasteiger partial charge >= 0.3 is 5.97 Å². The van der Waals surface area contributed by atoms with E-state index in [0.29, 0.717) is 0 Å². The molecule has 24 heavy (non-hydrogen) atoms. The van der Waals surface area contributed by atoms with Crippen molar-refractivity contribution in [2.75, 3.05) is 13.2 Å². The largest absolute Gasteiger partial charge is 0.479 e. The van der Waals surface area contributed by atoms with Crippen LogP contribution in [0, 0.1) is 0 Å². The van der Waals surface area contributed by atoms with Crippen LogP contribution in [0.2, 0.25) is 0 Å². The molecule has 0 aliphatic carbocycles. The maximum Gasteiger partial charge on any atom is 0.331 e. The molecular weight excluding hydrogens is 336 g/mol. The Morgan fingerprint density at radius 1 is 1.25 bits per heavy atom. The Labute approximate surface area is 140 Å². The predicted octanol–water partition coefficient (Wildman–Crippen LogP) is 0.347. The number of carboxylic acid groups (broad SMARTS) is 1. The molecule has 0 saturated carbocycles. The van der Waals surface area contributed by atoms with Crippen LogP contribution in [-0.4, -0.2) is 50.2 Å². The average molecular weight is 356 g/mol. The third kappa shape index (κ3) is 3.92. The predicted molar refractivity (Wildman–Crippen MR) is 85.2 cm³/mol. The Hall–Kier alpha value is -1.97. The molecule has 9 heteroatoms. The number of carboxylic acids is 1. The van der Waals surface area contributed by atoms with Gasteiger partial charge in [-0.15, -0.1) is 0 Å². The summed E-state index contributed by atoms with van der Waals surface area (Å²) in [5, 5.41) is 11.8. The van der Waals surface area contributed by atoms with E-state index in [1.807, 2.05) is 0 Å². The molecule has 3 N–H and O–H groups in total. The normalized spacial score (nSPS) is 21.0. The van der Waals surface area contributed by atoms with Crippen molar-refractivity contribution in [3.05, 3.63) is 29.8 Å². The summed E-state index contributed by atoms with van der Waals surface area (Å²) in [5.41, 5.74) is -1.27. The molecule has 1 fully saturated rings. The molecule has 1 amide bonds. The second kappa shape index (κ2) is 6.88. The first kappa shape index (κ1) is 18.4. The maximum atomic E-state index is 12.3. The Balaban J connectivity index is 2.16. The molecule has 2 rings (SSSR count). The molecule has 1 atom stereocenters.